The second-order valence-electron chi connectivity index (χ2n) is 4.99. The second kappa shape index (κ2) is 6.14. The first-order valence-corrected chi connectivity index (χ1v) is 6.31. The summed E-state index contributed by atoms with van der Waals surface area (Å²) in [5, 5.41) is 0. The van der Waals surface area contributed by atoms with Gasteiger partial charge in [-0.25, -0.2) is 0 Å². The van der Waals surface area contributed by atoms with Crippen molar-refractivity contribution in [1.29, 1.82) is 0 Å². The van der Waals surface area contributed by atoms with E-state index < -0.39 is 0 Å². The Morgan fingerprint density at radius 1 is 1.27 bits per heavy atom. The van der Waals surface area contributed by atoms with E-state index in [1.54, 1.807) is 0 Å². The molecule has 0 spiro atoms. The Balaban J connectivity index is 2.28. The molecule has 0 heterocycles. The zero-order valence-corrected chi connectivity index (χ0v) is 10.3. The van der Waals surface area contributed by atoms with Crippen LogP contribution in [0.5, 0.6) is 0 Å². The summed E-state index contributed by atoms with van der Waals surface area (Å²) in [6.07, 6.45) is 5.30. The number of hydrogen-bond donors (Lipinski definition) is 0. The molecule has 0 radical (unpaired) electrons. The van der Waals surface area contributed by atoms with Gasteiger partial charge in [-0.15, -0.1) is 0 Å². The summed E-state index contributed by atoms with van der Waals surface area (Å²) in [5.41, 5.74) is 0. The number of carbonyl (C=O) groups is 1. The third-order valence-electron chi connectivity index (χ3n) is 3.67. The second-order valence-corrected chi connectivity index (χ2v) is 4.99. The molecule has 0 aromatic carbocycles. The van der Waals surface area contributed by atoms with E-state index in [0.29, 0.717) is 12.5 Å². The van der Waals surface area contributed by atoms with Crippen LogP contribution in [0, 0.1) is 17.8 Å². The van der Waals surface area contributed by atoms with Gasteiger partial charge in [0.2, 0.25) is 0 Å². The lowest BCUT2D eigenvalue weighted by molar-refractivity contribution is -0.150. The summed E-state index contributed by atoms with van der Waals surface area (Å²) in [6.45, 7) is 7.24. The molecule has 0 aromatic rings. The average molecular weight is 212 g/mol. The van der Waals surface area contributed by atoms with Crippen LogP contribution in [0.2, 0.25) is 0 Å². The van der Waals surface area contributed by atoms with Gasteiger partial charge in [-0.2, -0.15) is 0 Å². The van der Waals surface area contributed by atoms with Gasteiger partial charge in [0.25, 0.3) is 0 Å². The maximum Gasteiger partial charge on any atom is 0.308 e. The average Bonchev–Trinajstić information content (AvgIpc) is 2.22. The Morgan fingerprint density at radius 2 is 2.00 bits per heavy atom. The molecule has 1 aliphatic carbocycles. The standard InChI is InChI=1S/C13H24O2/c1-4-5-8-15-13(14)12-7-6-10(2)11(3)9-12/h10-12H,4-9H2,1-3H3. The van der Waals surface area contributed by atoms with Crippen LogP contribution in [0.4, 0.5) is 0 Å². The Morgan fingerprint density at radius 3 is 2.60 bits per heavy atom. The predicted octanol–water partition coefficient (Wildman–Crippen LogP) is 3.40. The van der Waals surface area contributed by atoms with Crippen LogP contribution in [0.15, 0.2) is 0 Å². The highest BCUT2D eigenvalue weighted by molar-refractivity contribution is 5.72. The van der Waals surface area contributed by atoms with Crippen LogP contribution in [-0.2, 0) is 9.53 Å². The number of rotatable bonds is 4. The summed E-state index contributed by atoms with van der Waals surface area (Å²) in [4.78, 5) is 11.7. The van der Waals surface area contributed by atoms with E-state index in [9.17, 15) is 4.79 Å². The SMILES string of the molecule is CCCCOC(=O)C1CCC(C)C(C)C1. The fourth-order valence-electron chi connectivity index (χ4n) is 2.20. The Kier molecular flexibility index (Phi) is 5.13. The number of hydrogen-bond acceptors (Lipinski definition) is 2. The first-order chi connectivity index (χ1) is 7.15. The van der Waals surface area contributed by atoms with Crippen molar-refractivity contribution in [2.24, 2.45) is 17.8 Å². The number of carbonyl (C=O) groups excluding carboxylic acids is 1. The van der Waals surface area contributed by atoms with Gasteiger partial charge in [0.05, 0.1) is 12.5 Å². The molecule has 0 amide bonds. The third-order valence-corrected chi connectivity index (χ3v) is 3.67. The topological polar surface area (TPSA) is 26.3 Å². The van der Waals surface area contributed by atoms with E-state index in [1.165, 1.54) is 6.42 Å². The van der Waals surface area contributed by atoms with E-state index in [4.69, 9.17) is 4.74 Å². The summed E-state index contributed by atoms with van der Waals surface area (Å²) in [6, 6.07) is 0. The molecule has 88 valence electrons. The first-order valence-electron chi connectivity index (χ1n) is 6.31. The molecule has 2 heteroatoms. The lowest BCUT2D eigenvalue weighted by Gasteiger charge is -2.30. The number of esters is 1. The number of unbranched alkanes of at least 4 members (excludes halogenated alkanes) is 1. The van der Waals surface area contributed by atoms with Crippen molar-refractivity contribution in [3.63, 3.8) is 0 Å². The summed E-state index contributed by atoms with van der Waals surface area (Å²) in [7, 11) is 0. The summed E-state index contributed by atoms with van der Waals surface area (Å²) >= 11 is 0. The van der Waals surface area contributed by atoms with Crippen LogP contribution in [0.3, 0.4) is 0 Å². The minimum Gasteiger partial charge on any atom is -0.465 e. The Bertz CT molecular complexity index is 201. The van der Waals surface area contributed by atoms with E-state index in [1.807, 2.05) is 0 Å². The van der Waals surface area contributed by atoms with Gasteiger partial charge in [0, 0.05) is 0 Å². The molecule has 0 aromatic heterocycles. The molecule has 2 nitrogen and oxygen atoms in total. The molecule has 3 unspecified atom stereocenters. The van der Waals surface area contributed by atoms with E-state index in [2.05, 4.69) is 20.8 Å². The maximum atomic E-state index is 11.7. The lowest BCUT2D eigenvalue weighted by atomic mass is 9.76. The largest absolute Gasteiger partial charge is 0.465 e. The van der Waals surface area contributed by atoms with Gasteiger partial charge in [-0.3, -0.25) is 4.79 Å². The summed E-state index contributed by atoms with van der Waals surface area (Å²) < 4.78 is 5.27. The molecule has 1 saturated carbocycles. The molecule has 1 rings (SSSR count). The zero-order chi connectivity index (χ0) is 11.3. The first kappa shape index (κ1) is 12.5. The van der Waals surface area contributed by atoms with Crippen LogP contribution in [-0.4, -0.2) is 12.6 Å². The molecule has 3 atom stereocenters. The van der Waals surface area contributed by atoms with Gasteiger partial charge >= 0.3 is 5.97 Å². The van der Waals surface area contributed by atoms with Crippen molar-refractivity contribution in [2.45, 2.75) is 52.9 Å². The van der Waals surface area contributed by atoms with Crippen molar-refractivity contribution < 1.29 is 9.53 Å². The fraction of sp³-hybridized carbons (Fsp3) is 0.923. The van der Waals surface area contributed by atoms with Crippen molar-refractivity contribution >= 4 is 5.97 Å². The highest BCUT2D eigenvalue weighted by Crippen LogP contribution is 2.33. The van der Waals surface area contributed by atoms with Crippen LogP contribution in [0.25, 0.3) is 0 Å². The third kappa shape index (κ3) is 3.84. The quantitative estimate of drug-likeness (QED) is 0.527. The van der Waals surface area contributed by atoms with Crippen molar-refractivity contribution in [2.75, 3.05) is 6.61 Å². The monoisotopic (exact) mass is 212 g/mol. The Labute approximate surface area is 93.4 Å². The molecular weight excluding hydrogens is 188 g/mol. The summed E-state index contributed by atoms with van der Waals surface area (Å²) in [5.74, 6) is 1.66. The lowest BCUT2D eigenvalue weighted by Crippen LogP contribution is -2.27. The molecule has 0 bridgehead atoms. The Hall–Kier alpha value is -0.530. The normalized spacial score (nSPS) is 31.3. The highest BCUT2D eigenvalue weighted by atomic mass is 16.5. The smallest absolute Gasteiger partial charge is 0.308 e. The van der Waals surface area contributed by atoms with E-state index in [0.717, 1.165) is 31.6 Å². The van der Waals surface area contributed by atoms with Crippen molar-refractivity contribution in [1.82, 2.24) is 0 Å². The maximum absolute atomic E-state index is 11.7. The number of ether oxygens (including phenoxy) is 1. The molecule has 1 fully saturated rings. The predicted molar refractivity (Wildman–Crippen MR) is 61.5 cm³/mol. The molecule has 0 aliphatic heterocycles. The van der Waals surface area contributed by atoms with Crippen LogP contribution < -0.4 is 0 Å². The van der Waals surface area contributed by atoms with Crippen LogP contribution >= 0.6 is 0 Å². The van der Waals surface area contributed by atoms with Gasteiger partial charge in [0.15, 0.2) is 0 Å². The van der Waals surface area contributed by atoms with E-state index >= 15 is 0 Å². The highest BCUT2D eigenvalue weighted by Gasteiger charge is 2.29. The van der Waals surface area contributed by atoms with Crippen LogP contribution in [0.1, 0.15) is 52.9 Å². The molecule has 0 N–H and O–H groups in total. The van der Waals surface area contributed by atoms with Gasteiger partial charge in [-0.1, -0.05) is 27.2 Å². The molecule has 15 heavy (non-hydrogen) atoms. The minimum atomic E-state index is 0.0437. The van der Waals surface area contributed by atoms with Gasteiger partial charge in [0.1, 0.15) is 0 Å². The van der Waals surface area contributed by atoms with E-state index in [-0.39, 0.29) is 11.9 Å². The molecule has 0 saturated heterocycles. The molecule has 1 aliphatic rings. The van der Waals surface area contributed by atoms with Crippen molar-refractivity contribution in [3.05, 3.63) is 0 Å². The van der Waals surface area contributed by atoms with Gasteiger partial charge < -0.3 is 4.74 Å². The van der Waals surface area contributed by atoms with Gasteiger partial charge in [-0.05, 0) is 37.5 Å². The fourth-order valence-corrected chi connectivity index (χ4v) is 2.20. The zero-order valence-electron chi connectivity index (χ0n) is 10.3. The van der Waals surface area contributed by atoms with Crippen molar-refractivity contribution in [3.8, 4) is 0 Å². The minimum absolute atomic E-state index is 0.0437. The molecular formula is C13H24O2.